The van der Waals surface area contributed by atoms with Gasteiger partial charge in [-0.2, -0.15) is 5.10 Å². The monoisotopic (exact) mass is 305 g/mol. The highest BCUT2D eigenvalue weighted by Crippen LogP contribution is 2.15. The Morgan fingerprint density at radius 1 is 1.62 bits per heavy atom. The van der Waals surface area contributed by atoms with Crippen molar-refractivity contribution in [1.82, 2.24) is 14.8 Å². The Bertz CT molecular complexity index is 407. The van der Waals surface area contributed by atoms with E-state index in [2.05, 4.69) is 45.0 Å². The molecule has 5 heteroatoms. The van der Waals surface area contributed by atoms with Gasteiger partial charge in [-0.3, -0.25) is 0 Å². The van der Waals surface area contributed by atoms with Gasteiger partial charge in [0.2, 0.25) is 5.13 Å². The Kier molecular flexibility index (Phi) is 2.63. The quantitative estimate of drug-likeness (QED) is 0.798. The summed E-state index contributed by atoms with van der Waals surface area (Å²) in [6, 6.07) is 0. The van der Waals surface area contributed by atoms with E-state index in [0.29, 0.717) is 0 Å². The van der Waals surface area contributed by atoms with Gasteiger partial charge in [0.1, 0.15) is 0 Å². The van der Waals surface area contributed by atoms with Crippen LogP contribution in [0, 0.1) is 3.57 Å². The molecule has 0 saturated carbocycles. The zero-order valence-corrected chi connectivity index (χ0v) is 10.0. The largest absolute Gasteiger partial charge is 0.223 e. The van der Waals surface area contributed by atoms with Crippen LogP contribution in [0.3, 0.4) is 0 Å². The van der Waals surface area contributed by atoms with Gasteiger partial charge in [0.05, 0.1) is 15.5 Å². The highest BCUT2D eigenvalue weighted by atomic mass is 127. The number of aromatic nitrogens is 3. The lowest BCUT2D eigenvalue weighted by Gasteiger charge is -1.91. The van der Waals surface area contributed by atoms with E-state index in [9.17, 15) is 0 Å². The molecular weight excluding hydrogens is 297 g/mol. The highest BCUT2D eigenvalue weighted by molar-refractivity contribution is 14.1. The minimum atomic E-state index is 0.944. The Balaban J connectivity index is 2.35. The average Bonchev–Trinajstić information content (AvgIpc) is 2.71. The maximum Gasteiger partial charge on any atom is 0.210 e. The predicted molar refractivity (Wildman–Crippen MR) is 61.3 cm³/mol. The lowest BCUT2D eigenvalue weighted by molar-refractivity contribution is 0.859. The minimum Gasteiger partial charge on any atom is -0.223 e. The third-order valence-electron chi connectivity index (χ3n) is 1.65. The lowest BCUT2D eigenvalue weighted by Crippen LogP contribution is -1.93. The maximum atomic E-state index is 4.43. The standard InChI is InChI=1S/C8H8IN3S/c1-2-7-5-13-8(11-7)12-4-6(9)3-10-12/h3-5H,2H2,1H3. The predicted octanol–water partition coefficient (Wildman–Crippen LogP) is 2.50. The summed E-state index contributed by atoms with van der Waals surface area (Å²) in [7, 11) is 0. The molecule has 0 radical (unpaired) electrons. The van der Waals surface area contributed by atoms with E-state index in [1.807, 2.05) is 17.1 Å². The van der Waals surface area contributed by atoms with Crippen molar-refractivity contribution in [2.24, 2.45) is 0 Å². The van der Waals surface area contributed by atoms with E-state index >= 15 is 0 Å². The minimum absolute atomic E-state index is 0.944. The Morgan fingerprint density at radius 2 is 2.46 bits per heavy atom. The normalized spacial score (nSPS) is 10.6. The Morgan fingerprint density at radius 3 is 3.00 bits per heavy atom. The molecule has 0 aromatic carbocycles. The molecule has 2 rings (SSSR count). The van der Waals surface area contributed by atoms with Gasteiger partial charge in [-0.25, -0.2) is 9.67 Å². The first-order valence-electron chi connectivity index (χ1n) is 3.94. The highest BCUT2D eigenvalue weighted by Gasteiger charge is 2.03. The number of halogens is 1. The summed E-state index contributed by atoms with van der Waals surface area (Å²) in [5.74, 6) is 0. The van der Waals surface area contributed by atoms with Crippen molar-refractivity contribution in [2.45, 2.75) is 13.3 Å². The molecule has 2 heterocycles. The number of aryl methyl sites for hydroxylation is 1. The molecule has 0 aliphatic heterocycles. The lowest BCUT2D eigenvalue weighted by atomic mass is 10.4. The molecule has 13 heavy (non-hydrogen) atoms. The molecule has 0 unspecified atom stereocenters. The number of hydrogen-bond acceptors (Lipinski definition) is 3. The van der Waals surface area contributed by atoms with Crippen molar-refractivity contribution in [3.63, 3.8) is 0 Å². The van der Waals surface area contributed by atoms with Crippen LogP contribution in [0.15, 0.2) is 17.8 Å². The van der Waals surface area contributed by atoms with Crippen molar-refractivity contribution >= 4 is 33.9 Å². The van der Waals surface area contributed by atoms with Crippen LogP contribution in [0.5, 0.6) is 0 Å². The fraction of sp³-hybridized carbons (Fsp3) is 0.250. The zero-order valence-electron chi connectivity index (χ0n) is 7.07. The van der Waals surface area contributed by atoms with Crippen LogP contribution in [-0.4, -0.2) is 14.8 Å². The molecule has 0 fully saturated rings. The first kappa shape index (κ1) is 9.14. The fourth-order valence-corrected chi connectivity index (χ4v) is 2.20. The van der Waals surface area contributed by atoms with Gasteiger partial charge in [0, 0.05) is 11.6 Å². The molecule has 3 nitrogen and oxygen atoms in total. The summed E-state index contributed by atoms with van der Waals surface area (Å²) in [5.41, 5.74) is 1.13. The topological polar surface area (TPSA) is 30.7 Å². The second-order valence-electron chi connectivity index (χ2n) is 2.58. The summed E-state index contributed by atoms with van der Waals surface area (Å²) in [5, 5.41) is 7.21. The second kappa shape index (κ2) is 3.75. The molecule has 0 atom stereocenters. The van der Waals surface area contributed by atoms with Gasteiger partial charge in [0.15, 0.2) is 0 Å². The van der Waals surface area contributed by atoms with Gasteiger partial charge in [0.25, 0.3) is 0 Å². The van der Waals surface area contributed by atoms with Crippen LogP contribution in [0.4, 0.5) is 0 Å². The van der Waals surface area contributed by atoms with Crippen molar-refractivity contribution in [1.29, 1.82) is 0 Å². The molecule has 0 N–H and O–H groups in total. The summed E-state index contributed by atoms with van der Waals surface area (Å²) in [6.45, 7) is 2.10. The molecule has 0 saturated heterocycles. The van der Waals surface area contributed by atoms with E-state index in [1.165, 1.54) is 0 Å². The van der Waals surface area contributed by atoms with Crippen molar-refractivity contribution < 1.29 is 0 Å². The third-order valence-corrected chi connectivity index (χ3v) is 3.09. The van der Waals surface area contributed by atoms with Crippen LogP contribution >= 0.6 is 33.9 Å². The van der Waals surface area contributed by atoms with Crippen molar-refractivity contribution in [3.8, 4) is 5.13 Å². The van der Waals surface area contributed by atoms with Crippen molar-refractivity contribution in [2.75, 3.05) is 0 Å². The molecule has 2 aromatic rings. The van der Waals surface area contributed by atoms with E-state index in [4.69, 9.17) is 0 Å². The third kappa shape index (κ3) is 1.91. The molecule has 0 aliphatic rings. The molecule has 0 amide bonds. The molecule has 2 aromatic heterocycles. The van der Waals surface area contributed by atoms with Gasteiger partial charge in [-0.05, 0) is 29.0 Å². The number of hydrogen-bond donors (Lipinski definition) is 0. The molecular formula is C8H8IN3S. The Labute approximate surface area is 93.9 Å². The van der Waals surface area contributed by atoms with Gasteiger partial charge >= 0.3 is 0 Å². The van der Waals surface area contributed by atoms with Crippen LogP contribution in [-0.2, 0) is 6.42 Å². The second-order valence-corrected chi connectivity index (χ2v) is 4.66. The number of rotatable bonds is 2. The SMILES string of the molecule is CCc1csc(-n2cc(I)cn2)n1. The van der Waals surface area contributed by atoms with Crippen LogP contribution < -0.4 is 0 Å². The Hall–Kier alpha value is -0.430. The number of nitrogens with zero attached hydrogens (tertiary/aromatic N) is 3. The molecule has 0 spiro atoms. The van der Waals surface area contributed by atoms with Gasteiger partial charge in [-0.1, -0.05) is 6.92 Å². The smallest absolute Gasteiger partial charge is 0.210 e. The van der Waals surface area contributed by atoms with Crippen molar-refractivity contribution in [3.05, 3.63) is 27.0 Å². The van der Waals surface area contributed by atoms with Crippen LogP contribution in [0.2, 0.25) is 0 Å². The maximum absolute atomic E-state index is 4.43. The van der Waals surface area contributed by atoms with E-state index in [-0.39, 0.29) is 0 Å². The zero-order chi connectivity index (χ0) is 9.26. The van der Waals surface area contributed by atoms with E-state index in [0.717, 1.165) is 20.8 Å². The summed E-state index contributed by atoms with van der Waals surface area (Å²) in [6.07, 6.45) is 4.78. The van der Waals surface area contributed by atoms with Crippen LogP contribution in [0.25, 0.3) is 5.13 Å². The molecule has 68 valence electrons. The fourth-order valence-electron chi connectivity index (χ4n) is 0.969. The van der Waals surface area contributed by atoms with Crippen LogP contribution in [0.1, 0.15) is 12.6 Å². The molecule has 0 aliphatic carbocycles. The first-order chi connectivity index (χ1) is 6.29. The average molecular weight is 305 g/mol. The summed E-state index contributed by atoms with van der Waals surface area (Å²) >= 11 is 3.86. The first-order valence-corrected chi connectivity index (χ1v) is 5.90. The number of thiazole rings is 1. The van der Waals surface area contributed by atoms with Gasteiger partial charge < -0.3 is 0 Å². The summed E-state index contributed by atoms with van der Waals surface area (Å²) < 4.78 is 2.94. The van der Waals surface area contributed by atoms with E-state index < -0.39 is 0 Å². The van der Waals surface area contributed by atoms with Gasteiger partial charge in [-0.15, -0.1) is 11.3 Å². The van der Waals surface area contributed by atoms with E-state index in [1.54, 1.807) is 11.3 Å². The molecule has 0 bridgehead atoms. The summed E-state index contributed by atoms with van der Waals surface area (Å²) in [4.78, 5) is 4.43.